The molecule has 4 aromatic carbocycles. The van der Waals surface area contributed by atoms with Crippen LogP contribution in [0.3, 0.4) is 0 Å². The Labute approximate surface area is 559 Å². The van der Waals surface area contributed by atoms with Crippen molar-refractivity contribution in [3.63, 3.8) is 0 Å². The number of nitrogens with zero attached hydrogens (tertiary/aromatic N) is 4. The first-order valence-corrected chi connectivity index (χ1v) is 33.6. The summed E-state index contributed by atoms with van der Waals surface area (Å²) in [5, 5.41) is 15.5. The molecule has 0 radical (unpaired) electrons. The lowest BCUT2D eigenvalue weighted by molar-refractivity contribution is 0.227. The number of aryl methyl sites for hydroxylation is 1. The zero-order valence-electron chi connectivity index (χ0n) is 57.1. The normalized spacial score (nSPS) is 10.9. The third-order valence-electron chi connectivity index (χ3n) is 13.5. The van der Waals surface area contributed by atoms with E-state index in [1.54, 1.807) is 56.3 Å². The quantitative estimate of drug-likeness (QED) is 0.0256. The first kappa shape index (κ1) is 82.3. The minimum absolute atomic E-state index is 0. The number of benzene rings is 4. The minimum atomic E-state index is -3.67. The average molecular weight is 1400 g/mol. The highest BCUT2D eigenvalue weighted by Gasteiger charge is 2.21. The van der Waals surface area contributed by atoms with Gasteiger partial charge in [-0.2, -0.15) is 8.42 Å². The second-order valence-electron chi connectivity index (χ2n) is 22.9. The van der Waals surface area contributed by atoms with E-state index in [1.807, 2.05) is 103 Å². The molecule has 0 spiro atoms. The van der Waals surface area contributed by atoms with Gasteiger partial charge in [-0.1, -0.05) is 61.5 Å². The van der Waals surface area contributed by atoms with Crippen molar-refractivity contribution in [3.05, 3.63) is 194 Å². The van der Waals surface area contributed by atoms with Crippen LogP contribution < -0.4 is 40.4 Å². The molecule has 0 aliphatic rings. The van der Waals surface area contributed by atoms with Crippen molar-refractivity contribution in [2.75, 3.05) is 32.7 Å². The van der Waals surface area contributed by atoms with Gasteiger partial charge in [0, 0.05) is 93.7 Å². The predicted octanol–water partition coefficient (Wildman–Crippen LogP) is 15.1. The fourth-order valence-corrected chi connectivity index (χ4v) is 9.35. The van der Waals surface area contributed by atoms with E-state index in [-0.39, 0.29) is 77.1 Å². The summed E-state index contributed by atoms with van der Waals surface area (Å²) in [6, 6.07) is 20.1. The van der Waals surface area contributed by atoms with Gasteiger partial charge in [0.1, 0.15) is 0 Å². The van der Waals surface area contributed by atoms with Crippen LogP contribution in [-0.2, 0) is 35.8 Å². The molecule has 25 heteroatoms. The van der Waals surface area contributed by atoms with Gasteiger partial charge in [-0.05, 0) is 182 Å². The topological polar surface area (TPSA) is 243 Å². The van der Waals surface area contributed by atoms with E-state index in [0.717, 1.165) is 50.6 Å². The molecule has 4 heterocycles. The number of alkyl halides is 1. The second-order valence-corrected chi connectivity index (χ2v) is 26.2. The van der Waals surface area contributed by atoms with Gasteiger partial charge in [-0.15, -0.1) is 5.10 Å². The summed E-state index contributed by atoms with van der Waals surface area (Å²) >= 11 is 3.27. The number of ether oxygens (including phenoxy) is 5. The van der Waals surface area contributed by atoms with E-state index in [9.17, 15) is 40.4 Å². The number of hydrogen-bond acceptors (Lipinski definition) is 11. The number of H-pyrrole nitrogens is 4. The predicted molar refractivity (Wildman–Crippen MR) is 369 cm³/mol. The number of aromatic amines is 4. The zero-order valence-corrected chi connectivity index (χ0v) is 59.5. The molecule has 0 atom stereocenters. The lowest BCUT2D eigenvalue weighted by atomic mass is 10.0. The molecule has 0 bridgehead atoms. The SMILES string of the molecule is C.CC(C)Br.CCOc1ccc(Cc2c(C)[nH][nH]c2=O)cc1F.CCOc1ccc(Cc2c(C)n(C(C)C)[nH]c2=O)cc1F.CCOc1ccc(Cc2c(C)n(C(C)C)[nH]c2=O)cc1F.CCOc1ccc(Cc2c(OC(C)C)nn(C(C)C)c2C)cc1F.CS(=O)(=O)O. The molecule has 0 aliphatic heterocycles. The van der Waals surface area contributed by atoms with E-state index in [0.29, 0.717) is 85.8 Å². The van der Waals surface area contributed by atoms with Crippen LogP contribution in [0.1, 0.15) is 190 Å². The van der Waals surface area contributed by atoms with Gasteiger partial charge in [-0.25, -0.2) is 17.6 Å². The number of rotatable bonds is 21. The smallest absolute Gasteiger partial charge is 0.267 e. The molecule has 522 valence electrons. The van der Waals surface area contributed by atoms with Crippen molar-refractivity contribution in [1.29, 1.82) is 0 Å². The van der Waals surface area contributed by atoms with Crippen molar-refractivity contribution in [2.24, 2.45) is 0 Å². The average Bonchev–Trinajstić information content (AvgIpc) is 1.67. The second kappa shape index (κ2) is 39.2. The maximum atomic E-state index is 14.1. The molecule has 19 nitrogen and oxygen atoms in total. The largest absolute Gasteiger partial charge is 0.491 e. The molecule has 0 aliphatic carbocycles. The van der Waals surface area contributed by atoms with E-state index in [1.165, 1.54) is 24.3 Å². The van der Waals surface area contributed by atoms with E-state index in [4.69, 9.17) is 28.2 Å². The standard InChI is InChI=1S/C19H27FN2O2.2C16H21FN2O2.C13H15FN2O2.C3H7Br.CH4O3S.CH4/c1-7-23-18-9-8-15(11-17(18)20)10-16-14(6)22(12(2)3)21-19(16)24-13(4)5;2*1-5-21-15-7-6-12(9-14(15)17)8-13-11(4)19(10(2)3)18-16(13)20;1-3-18-12-5-4-9(7-11(12)14)6-10-8(2)15-16-13(10)17;1-3(2)4;1-5(2,3)4;/h8-9,11-13H,7,10H2,1-6H3;2*6-7,9-10H,5,8H2,1-4H3,(H,18,20);4-5,7H,3,6H2,1-2H3,(H2,15,16,17);3H,1-2H3;1H3,(H,2,3,4);1H4. The van der Waals surface area contributed by atoms with E-state index >= 15 is 0 Å². The van der Waals surface area contributed by atoms with Gasteiger partial charge in [0.25, 0.3) is 26.8 Å². The summed E-state index contributed by atoms with van der Waals surface area (Å²) in [6.45, 7) is 36.9. The highest BCUT2D eigenvalue weighted by molar-refractivity contribution is 9.09. The Morgan fingerprint density at radius 2 is 0.798 bits per heavy atom. The third-order valence-corrected chi connectivity index (χ3v) is 13.5. The molecule has 0 amide bonds. The van der Waals surface area contributed by atoms with Crippen LogP contribution in [0.25, 0.3) is 0 Å². The maximum Gasteiger partial charge on any atom is 0.267 e. The summed E-state index contributed by atoms with van der Waals surface area (Å²) in [5.74, 6) is 0.103. The number of hydrogen-bond donors (Lipinski definition) is 5. The fraction of sp³-hybridized carbons (Fsp3) is 0.478. The van der Waals surface area contributed by atoms with Gasteiger partial charge in [0.2, 0.25) is 5.88 Å². The van der Waals surface area contributed by atoms with Crippen LogP contribution in [0.15, 0.2) is 87.2 Å². The Balaban J connectivity index is 0.000000408. The monoisotopic (exact) mass is 1400 g/mol. The van der Waals surface area contributed by atoms with Crippen molar-refractivity contribution >= 4 is 26.0 Å². The molecule has 8 aromatic rings. The Kier molecular flexibility index (Phi) is 34.3. The fourth-order valence-electron chi connectivity index (χ4n) is 9.35. The lowest BCUT2D eigenvalue weighted by Crippen LogP contribution is -2.09. The lowest BCUT2D eigenvalue weighted by Gasteiger charge is -2.10. The maximum absolute atomic E-state index is 14.1. The molecule has 0 fully saturated rings. The first-order chi connectivity index (χ1) is 43.5. The number of aromatic nitrogens is 8. The summed E-state index contributed by atoms with van der Waals surface area (Å²) in [7, 11) is -3.67. The number of halogens is 5. The third kappa shape index (κ3) is 26.2. The van der Waals surface area contributed by atoms with E-state index < -0.39 is 27.6 Å². The van der Waals surface area contributed by atoms with Crippen LogP contribution in [0.2, 0.25) is 0 Å². The molecular weight excluding hydrogens is 1300 g/mol. The Morgan fingerprint density at radius 1 is 0.500 bits per heavy atom. The van der Waals surface area contributed by atoms with Crippen LogP contribution in [0, 0.1) is 51.0 Å². The summed E-state index contributed by atoms with van der Waals surface area (Å²) in [5.41, 5.74) is 9.31. The summed E-state index contributed by atoms with van der Waals surface area (Å²) in [4.78, 5) is 36.2. The van der Waals surface area contributed by atoms with Gasteiger partial charge in [0.15, 0.2) is 46.3 Å². The zero-order chi connectivity index (χ0) is 70.2. The summed E-state index contributed by atoms with van der Waals surface area (Å²) < 4.78 is 114. The van der Waals surface area contributed by atoms with Crippen molar-refractivity contribution in [3.8, 4) is 28.9 Å². The molecule has 4 aromatic heterocycles. The Morgan fingerprint density at radius 3 is 1.03 bits per heavy atom. The molecule has 0 saturated heterocycles. The van der Waals surface area contributed by atoms with Gasteiger partial charge >= 0.3 is 0 Å². The highest BCUT2D eigenvalue weighted by atomic mass is 79.9. The molecule has 0 unspecified atom stereocenters. The van der Waals surface area contributed by atoms with Crippen LogP contribution >= 0.6 is 15.9 Å². The Hall–Kier alpha value is -7.77. The van der Waals surface area contributed by atoms with Crippen LogP contribution in [0.5, 0.6) is 28.9 Å². The highest BCUT2D eigenvalue weighted by Crippen LogP contribution is 2.30. The van der Waals surface area contributed by atoms with Crippen molar-refractivity contribution in [2.45, 2.75) is 187 Å². The van der Waals surface area contributed by atoms with Gasteiger partial charge in [-0.3, -0.25) is 48.3 Å². The van der Waals surface area contributed by atoms with Crippen molar-refractivity contribution in [1.82, 2.24) is 39.5 Å². The van der Waals surface area contributed by atoms with E-state index in [2.05, 4.69) is 69.1 Å². The van der Waals surface area contributed by atoms with Gasteiger partial charge < -0.3 is 28.8 Å². The van der Waals surface area contributed by atoms with Crippen LogP contribution in [-0.4, -0.2) is 96.1 Å². The molecule has 0 saturated carbocycles. The molecule has 8 rings (SSSR count). The summed E-state index contributed by atoms with van der Waals surface area (Å²) in [6.07, 6.45) is 2.54. The molecule has 94 heavy (non-hydrogen) atoms. The van der Waals surface area contributed by atoms with Crippen molar-refractivity contribution < 1.29 is 54.2 Å². The van der Waals surface area contributed by atoms with Crippen LogP contribution in [0.4, 0.5) is 17.6 Å². The minimum Gasteiger partial charge on any atom is -0.491 e. The molecular formula is C69H99BrF4N8O11S. The Bertz CT molecular complexity index is 3810. The number of nitrogens with one attached hydrogen (secondary N) is 4. The van der Waals surface area contributed by atoms with Gasteiger partial charge in [0.05, 0.1) is 38.8 Å². The molecule has 5 N–H and O–H groups in total. The first-order valence-electron chi connectivity index (χ1n) is 30.9.